The number of nitrogens with two attached hydrogens (primary N) is 1. The van der Waals surface area contributed by atoms with Crippen LogP contribution in [0.2, 0.25) is 0 Å². The highest BCUT2D eigenvalue weighted by atomic mass is 16.2. The predicted molar refractivity (Wildman–Crippen MR) is 63.6 cm³/mol. The SMILES string of the molecule is CC1(C)[C@H]2CC[C@@]1(C)C(NNC(N)=O)=C2C=O. The van der Waals surface area contributed by atoms with Crippen LogP contribution in [-0.4, -0.2) is 12.3 Å². The number of carbonyl (C=O) groups excluding carboxylic acids is 2. The van der Waals surface area contributed by atoms with Crippen LogP contribution < -0.4 is 16.6 Å². The van der Waals surface area contributed by atoms with E-state index in [9.17, 15) is 9.59 Å². The molecule has 1 fully saturated rings. The van der Waals surface area contributed by atoms with Gasteiger partial charge in [0.2, 0.25) is 0 Å². The van der Waals surface area contributed by atoms with Crippen LogP contribution in [0.15, 0.2) is 11.3 Å². The van der Waals surface area contributed by atoms with Gasteiger partial charge in [0.25, 0.3) is 0 Å². The largest absolute Gasteiger partial charge is 0.350 e. The van der Waals surface area contributed by atoms with Crippen molar-refractivity contribution in [2.75, 3.05) is 0 Å². The molecule has 2 rings (SSSR count). The quantitative estimate of drug-likeness (QED) is 0.507. The average Bonchev–Trinajstić information content (AvgIpc) is 2.56. The summed E-state index contributed by atoms with van der Waals surface area (Å²) in [5.74, 6) is 0.266. The summed E-state index contributed by atoms with van der Waals surface area (Å²) in [6.07, 6.45) is 2.95. The van der Waals surface area contributed by atoms with E-state index in [0.717, 1.165) is 30.4 Å². The van der Waals surface area contributed by atoms with Crippen LogP contribution in [0.3, 0.4) is 0 Å². The van der Waals surface area contributed by atoms with Crippen molar-refractivity contribution in [3.05, 3.63) is 11.3 Å². The lowest BCUT2D eigenvalue weighted by molar-refractivity contribution is -0.105. The Morgan fingerprint density at radius 1 is 1.47 bits per heavy atom. The van der Waals surface area contributed by atoms with Gasteiger partial charge in [0.05, 0.1) is 0 Å². The van der Waals surface area contributed by atoms with Crippen LogP contribution in [0.4, 0.5) is 4.79 Å². The minimum absolute atomic E-state index is 0.0326. The van der Waals surface area contributed by atoms with E-state index >= 15 is 0 Å². The Balaban J connectivity index is 2.37. The van der Waals surface area contributed by atoms with Crippen molar-refractivity contribution in [3.8, 4) is 0 Å². The van der Waals surface area contributed by atoms with E-state index < -0.39 is 6.03 Å². The van der Waals surface area contributed by atoms with Gasteiger partial charge in [-0.1, -0.05) is 20.8 Å². The number of urea groups is 1. The Labute approximate surface area is 101 Å². The lowest BCUT2D eigenvalue weighted by Crippen LogP contribution is -2.45. The average molecular weight is 237 g/mol. The third kappa shape index (κ3) is 1.38. The van der Waals surface area contributed by atoms with Crippen molar-refractivity contribution in [1.82, 2.24) is 10.9 Å². The monoisotopic (exact) mass is 237 g/mol. The van der Waals surface area contributed by atoms with Gasteiger partial charge in [0, 0.05) is 16.7 Å². The molecule has 1 saturated carbocycles. The molecule has 0 aromatic carbocycles. The van der Waals surface area contributed by atoms with E-state index in [4.69, 9.17) is 5.73 Å². The fourth-order valence-corrected chi connectivity index (χ4v) is 3.46. The fourth-order valence-electron chi connectivity index (χ4n) is 3.46. The van der Waals surface area contributed by atoms with Gasteiger partial charge in [-0.05, 0) is 24.2 Å². The Kier molecular flexibility index (Phi) is 2.45. The minimum Gasteiger partial charge on any atom is -0.350 e. The molecule has 5 heteroatoms. The van der Waals surface area contributed by atoms with Crippen molar-refractivity contribution in [2.45, 2.75) is 33.6 Å². The zero-order chi connectivity index (χ0) is 12.8. The molecule has 0 saturated heterocycles. The topological polar surface area (TPSA) is 84.2 Å². The summed E-state index contributed by atoms with van der Waals surface area (Å²) >= 11 is 0. The Hall–Kier alpha value is -1.52. The highest BCUT2D eigenvalue weighted by molar-refractivity contribution is 5.79. The Morgan fingerprint density at radius 2 is 2.12 bits per heavy atom. The van der Waals surface area contributed by atoms with E-state index in [1.54, 1.807) is 0 Å². The summed E-state index contributed by atoms with van der Waals surface area (Å²) < 4.78 is 0. The third-order valence-corrected chi connectivity index (χ3v) is 4.88. The van der Waals surface area contributed by atoms with Crippen molar-refractivity contribution in [3.63, 3.8) is 0 Å². The molecule has 94 valence electrons. The predicted octanol–water partition coefficient (Wildman–Crippen LogP) is 1.07. The van der Waals surface area contributed by atoms with Gasteiger partial charge in [-0.25, -0.2) is 4.79 Å². The number of amides is 2. The van der Waals surface area contributed by atoms with Crippen molar-refractivity contribution >= 4 is 12.3 Å². The lowest BCUT2D eigenvalue weighted by atomic mass is 9.69. The second-order valence-electron chi connectivity index (χ2n) is 5.71. The summed E-state index contributed by atoms with van der Waals surface area (Å²) in [6.45, 7) is 6.48. The number of hydrogen-bond donors (Lipinski definition) is 3. The molecule has 5 nitrogen and oxygen atoms in total. The minimum atomic E-state index is -0.646. The number of hydrazine groups is 1. The van der Waals surface area contributed by atoms with E-state index in [1.807, 2.05) is 0 Å². The summed E-state index contributed by atoms with van der Waals surface area (Å²) in [7, 11) is 0. The van der Waals surface area contributed by atoms with E-state index in [2.05, 4.69) is 31.6 Å². The normalized spacial score (nSPS) is 33.7. The van der Waals surface area contributed by atoms with E-state index in [0.29, 0.717) is 0 Å². The number of fused-ring (bicyclic) bond motifs is 2. The molecule has 0 aromatic heterocycles. The van der Waals surface area contributed by atoms with E-state index in [-0.39, 0.29) is 16.7 Å². The maximum absolute atomic E-state index is 11.2. The molecule has 2 bridgehead atoms. The second kappa shape index (κ2) is 3.48. The van der Waals surface area contributed by atoms with Gasteiger partial charge < -0.3 is 11.2 Å². The van der Waals surface area contributed by atoms with Gasteiger partial charge >= 0.3 is 6.03 Å². The highest BCUT2D eigenvalue weighted by Crippen LogP contribution is 2.66. The smallest absolute Gasteiger partial charge is 0.330 e. The number of aldehydes is 1. The van der Waals surface area contributed by atoms with Crippen LogP contribution >= 0.6 is 0 Å². The number of rotatable bonds is 3. The standard InChI is InChI=1S/C12H19N3O2/c1-11(2)8-4-5-12(11,3)9(7(8)6-16)14-15-10(13)17/h6,8,14H,4-5H2,1-3H3,(H3,13,15,17)/t8-,12-/m0/s1. The maximum atomic E-state index is 11.2. The molecule has 0 unspecified atom stereocenters. The molecular formula is C12H19N3O2. The first-order valence-electron chi connectivity index (χ1n) is 5.86. The second-order valence-corrected chi connectivity index (χ2v) is 5.71. The summed E-state index contributed by atoms with van der Waals surface area (Å²) in [5.41, 5.74) is 11.8. The van der Waals surface area contributed by atoms with E-state index in [1.165, 1.54) is 0 Å². The molecule has 0 heterocycles. The fraction of sp³-hybridized carbons (Fsp3) is 0.667. The lowest BCUT2D eigenvalue weighted by Gasteiger charge is -2.37. The van der Waals surface area contributed by atoms with Gasteiger partial charge in [-0.15, -0.1) is 0 Å². The van der Waals surface area contributed by atoms with Crippen molar-refractivity contribution < 1.29 is 9.59 Å². The van der Waals surface area contributed by atoms with Gasteiger partial charge in [0.1, 0.15) is 6.29 Å². The van der Waals surface area contributed by atoms with Crippen molar-refractivity contribution in [2.24, 2.45) is 22.5 Å². The summed E-state index contributed by atoms with van der Waals surface area (Å²) in [4.78, 5) is 22.0. The first kappa shape index (κ1) is 12.0. The summed E-state index contributed by atoms with van der Waals surface area (Å²) in [6, 6.07) is -0.646. The summed E-state index contributed by atoms with van der Waals surface area (Å²) in [5, 5.41) is 0. The van der Waals surface area contributed by atoms with Gasteiger partial charge in [0.15, 0.2) is 0 Å². The van der Waals surface area contributed by atoms with Gasteiger partial charge in [-0.3, -0.25) is 10.2 Å². The highest BCUT2D eigenvalue weighted by Gasteiger charge is 2.60. The number of carbonyl (C=O) groups is 2. The van der Waals surface area contributed by atoms with Crippen LogP contribution in [0.5, 0.6) is 0 Å². The van der Waals surface area contributed by atoms with Crippen LogP contribution in [0.1, 0.15) is 33.6 Å². The number of allylic oxidation sites excluding steroid dienone is 2. The molecule has 2 aliphatic rings. The van der Waals surface area contributed by atoms with Crippen molar-refractivity contribution in [1.29, 1.82) is 0 Å². The Bertz CT molecular complexity index is 414. The molecular weight excluding hydrogens is 218 g/mol. The molecule has 0 spiro atoms. The number of hydrogen-bond acceptors (Lipinski definition) is 3. The number of primary amides is 1. The maximum Gasteiger partial charge on any atom is 0.330 e. The van der Waals surface area contributed by atoms with Crippen LogP contribution in [0, 0.1) is 16.7 Å². The molecule has 0 radical (unpaired) electrons. The third-order valence-electron chi connectivity index (χ3n) is 4.88. The molecule has 17 heavy (non-hydrogen) atoms. The first-order chi connectivity index (χ1) is 7.84. The molecule has 0 aliphatic heterocycles. The Morgan fingerprint density at radius 3 is 2.65 bits per heavy atom. The van der Waals surface area contributed by atoms with Crippen LogP contribution in [0.25, 0.3) is 0 Å². The molecule has 2 atom stereocenters. The number of nitrogens with one attached hydrogen (secondary N) is 2. The molecule has 2 aliphatic carbocycles. The molecule has 0 aromatic rings. The zero-order valence-electron chi connectivity index (χ0n) is 10.5. The van der Waals surface area contributed by atoms with Gasteiger partial charge in [-0.2, -0.15) is 0 Å². The zero-order valence-corrected chi connectivity index (χ0v) is 10.5. The first-order valence-corrected chi connectivity index (χ1v) is 5.86. The molecule has 2 amide bonds. The molecule has 4 N–H and O–H groups in total. The van der Waals surface area contributed by atoms with Crippen LogP contribution in [-0.2, 0) is 4.79 Å².